The molecular weight excluding hydrogens is 242 g/mol. The number of nitrogens with zero attached hydrogens (tertiary/aromatic N) is 3. The summed E-state index contributed by atoms with van der Waals surface area (Å²) >= 11 is 0. The van der Waals surface area contributed by atoms with Crippen molar-refractivity contribution in [3.8, 4) is 0 Å². The van der Waals surface area contributed by atoms with Gasteiger partial charge < -0.3 is 14.9 Å². The molecule has 19 heavy (non-hydrogen) atoms. The monoisotopic (exact) mass is 263 g/mol. The zero-order valence-electron chi connectivity index (χ0n) is 11.8. The van der Waals surface area contributed by atoms with Crippen LogP contribution in [0.1, 0.15) is 30.3 Å². The van der Waals surface area contributed by atoms with Crippen LogP contribution >= 0.6 is 0 Å². The topological polar surface area (TPSA) is 56.7 Å². The van der Waals surface area contributed by atoms with Gasteiger partial charge in [0.2, 0.25) is 0 Å². The highest BCUT2D eigenvalue weighted by Crippen LogP contribution is 2.25. The predicted octanol–water partition coefficient (Wildman–Crippen LogP) is 1.13. The number of pyridine rings is 1. The molecular formula is C14H21N3O2. The molecule has 104 valence electrons. The van der Waals surface area contributed by atoms with Gasteiger partial charge in [0.05, 0.1) is 5.60 Å². The molecule has 0 bridgehead atoms. The highest BCUT2D eigenvalue weighted by atomic mass is 16.3. The molecule has 2 heterocycles. The number of carbonyl (C=O) groups is 1. The molecule has 1 fully saturated rings. The molecule has 1 saturated heterocycles. The van der Waals surface area contributed by atoms with Gasteiger partial charge in [-0.25, -0.2) is 0 Å². The van der Waals surface area contributed by atoms with E-state index in [9.17, 15) is 9.90 Å². The first-order valence-corrected chi connectivity index (χ1v) is 6.54. The third kappa shape index (κ3) is 3.23. The van der Waals surface area contributed by atoms with Crippen molar-refractivity contribution in [3.05, 3.63) is 24.0 Å². The van der Waals surface area contributed by atoms with Crippen LogP contribution in [0.4, 0.5) is 5.69 Å². The van der Waals surface area contributed by atoms with E-state index in [-0.39, 0.29) is 5.91 Å². The molecule has 1 unspecified atom stereocenters. The largest absolute Gasteiger partial charge is 0.388 e. The summed E-state index contributed by atoms with van der Waals surface area (Å²) in [7, 11) is 3.42. The van der Waals surface area contributed by atoms with E-state index in [0.717, 1.165) is 25.1 Å². The number of carbonyl (C=O) groups excluding carboxylic acids is 1. The van der Waals surface area contributed by atoms with Crippen molar-refractivity contribution in [2.75, 3.05) is 32.1 Å². The second-order valence-electron chi connectivity index (χ2n) is 5.62. The van der Waals surface area contributed by atoms with Crippen LogP contribution in [0.15, 0.2) is 18.3 Å². The molecule has 1 aromatic heterocycles. The van der Waals surface area contributed by atoms with Gasteiger partial charge in [-0.05, 0) is 31.9 Å². The Hall–Kier alpha value is -1.62. The lowest BCUT2D eigenvalue weighted by atomic mass is 9.95. The Morgan fingerprint density at radius 3 is 2.89 bits per heavy atom. The lowest BCUT2D eigenvalue weighted by Crippen LogP contribution is -2.46. The number of anilines is 1. The molecule has 0 spiro atoms. The Morgan fingerprint density at radius 1 is 1.53 bits per heavy atom. The minimum Gasteiger partial charge on any atom is -0.388 e. The van der Waals surface area contributed by atoms with E-state index >= 15 is 0 Å². The van der Waals surface area contributed by atoms with Crippen LogP contribution < -0.4 is 4.90 Å². The Kier molecular flexibility index (Phi) is 3.75. The maximum Gasteiger partial charge on any atom is 0.272 e. The quantitative estimate of drug-likeness (QED) is 0.869. The van der Waals surface area contributed by atoms with Crippen molar-refractivity contribution < 1.29 is 9.90 Å². The summed E-state index contributed by atoms with van der Waals surface area (Å²) in [6.07, 6.45) is 3.42. The summed E-state index contributed by atoms with van der Waals surface area (Å²) in [6, 6.07) is 3.68. The van der Waals surface area contributed by atoms with Gasteiger partial charge >= 0.3 is 0 Å². The average Bonchev–Trinajstić information content (AvgIpc) is 2.36. The summed E-state index contributed by atoms with van der Waals surface area (Å²) in [5.41, 5.74) is 0.723. The molecule has 1 N–H and O–H groups in total. The van der Waals surface area contributed by atoms with Gasteiger partial charge in [-0.3, -0.25) is 9.78 Å². The lowest BCUT2D eigenvalue weighted by molar-refractivity contribution is 0.0449. The van der Waals surface area contributed by atoms with E-state index in [1.54, 1.807) is 26.4 Å². The Labute approximate surface area is 113 Å². The van der Waals surface area contributed by atoms with Gasteiger partial charge in [0.25, 0.3) is 5.91 Å². The smallest absolute Gasteiger partial charge is 0.272 e. The molecule has 1 atom stereocenters. The van der Waals surface area contributed by atoms with Crippen LogP contribution in [0.3, 0.4) is 0 Å². The van der Waals surface area contributed by atoms with E-state index in [0.29, 0.717) is 12.2 Å². The number of aromatic nitrogens is 1. The van der Waals surface area contributed by atoms with Crippen LogP contribution in [0, 0.1) is 0 Å². The van der Waals surface area contributed by atoms with E-state index in [1.807, 2.05) is 13.0 Å². The van der Waals surface area contributed by atoms with Gasteiger partial charge in [-0.2, -0.15) is 0 Å². The number of β-amino-alcohol motifs (C(OH)–C–C–N with tert-alkyl or cyclic N) is 1. The van der Waals surface area contributed by atoms with E-state index in [4.69, 9.17) is 0 Å². The van der Waals surface area contributed by atoms with Crippen LogP contribution in [-0.4, -0.2) is 53.7 Å². The molecule has 0 saturated carbocycles. The number of rotatable bonds is 2. The summed E-state index contributed by atoms with van der Waals surface area (Å²) in [5, 5.41) is 10.1. The van der Waals surface area contributed by atoms with Crippen molar-refractivity contribution in [2.45, 2.75) is 25.4 Å². The maximum atomic E-state index is 11.9. The first-order chi connectivity index (χ1) is 8.89. The normalized spacial score (nSPS) is 23.3. The van der Waals surface area contributed by atoms with Crippen LogP contribution in [0.25, 0.3) is 0 Å². The minimum absolute atomic E-state index is 0.106. The maximum absolute atomic E-state index is 11.9. The fraction of sp³-hybridized carbons (Fsp3) is 0.571. The summed E-state index contributed by atoms with van der Waals surface area (Å²) in [5.74, 6) is -0.106. The Balaban J connectivity index is 2.21. The molecule has 0 aromatic carbocycles. The highest BCUT2D eigenvalue weighted by Gasteiger charge is 2.28. The van der Waals surface area contributed by atoms with Gasteiger partial charge in [0.15, 0.2) is 0 Å². The molecule has 1 aliphatic heterocycles. The third-order valence-corrected chi connectivity index (χ3v) is 3.41. The SMILES string of the molecule is CN(C)C(=O)c1cc(N2CCCC(C)(O)C2)ccn1. The molecule has 5 nitrogen and oxygen atoms in total. The molecule has 1 aliphatic rings. The average molecular weight is 263 g/mol. The number of amides is 1. The Bertz CT molecular complexity index is 472. The van der Waals surface area contributed by atoms with Crippen molar-refractivity contribution in [1.82, 2.24) is 9.88 Å². The van der Waals surface area contributed by atoms with E-state index < -0.39 is 5.60 Å². The first kappa shape index (κ1) is 13.8. The number of aliphatic hydroxyl groups is 1. The highest BCUT2D eigenvalue weighted by molar-refractivity contribution is 5.92. The fourth-order valence-corrected chi connectivity index (χ4v) is 2.40. The van der Waals surface area contributed by atoms with Crippen LogP contribution in [0.2, 0.25) is 0 Å². The van der Waals surface area contributed by atoms with Crippen molar-refractivity contribution in [3.63, 3.8) is 0 Å². The van der Waals surface area contributed by atoms with Gasteiger partial charge in [-0.15, -0.1) is 0 Å². The zero-order valence-corrected chi connectivity index (χ0v) is 11.8. The van der Waals surface area contributed by atoms with Crippen LogP contribution in [0.5, 0.6) is 0 Å². The zero-order chi connectivity index (χ0) is 14.0. The standard InChI is InChI=1S/C14H21N3O2/c1-14(19)6-4-8-17(10-14)11-5-7-15-12(9-11)13(18)16(2)3/h5,7,9,19H,4,6,8,10H2,1-3H3. The number of hydrogen-bond acceptors (Lipinski definition) is 4. The first-order valence-electron chi connectivity index (χ1n) is 6.54. The number of piperidine rings is 1. The summed E-state index contributed by atoms with van der Waals surface area (Å²) < 4.78 is 0. The molecule has 2 rings (SSSR count). The molecule has 0 radical (unpaired) electrons. The van der Waals surface area contributed by atoms with E-state index in [2.05, 4.69) is 9.88 Å². The van der Waals surface area contributed by atoms with Gasteiger partial charge in [0.1, 0.15) is 5.69 Å². The second kappa shape index (κ2) is 5.17. The van der Waals surface area contributed by atoms with Gasteiger partial charge in [0, 0.05) is 39.1 Å². The predicted molar refractivity (Wildman–Crippen MR) is 74.3 cm³/mol. The number of hydrogen-bond donors (Lipinski definition) is 1. The lowest BCUT2D eigenvalue weighted by Gasteiger charge is -2.38. The Morgan fingerprint density at radius 2 is 2.26 bits per heavy atom. The second-order valence-corrected chi connectivity index (χ2v) is 5.62. The van der Waals surface area contributed by atoms with Gasteiger partial charge in [-0.1, -0.05) is 0 Å². The minimum atomic E-state index is -0.659. The van der Waals surface area contributed by atoms with Crippen molar-refractivity contribution in [2.24, 2.45) is 0 Å². The van der Waals surface area contributed by atoms with Crippen molar-refractivity contribution >= 4 is 11.6 Å². The molecule has 5 heteroatoms. The summed E-state index contributed by atoms with van der Waals surface area (Å²) in [4.78, 5) is 19.6. The molecule has 1 aromatic rings. The fourth-order valence-electron chi connectivity index (χ4n) is 2.40. The van der Waals surface area contributed by atoms with Crippen molar-refractivity contribution in [1.29, 1.82) is 0 Å². The summed E-state index contributed by atoms with van der Waals surface area (Å²) in [6.45, 7) is 3.34. The molecule has 1 amide bonds. The van der Waals surface area contributed by atoms with E-state index in [1.165, 1.54) is 4.90 Å². The van der Waals surface area contributed by atoms with Crippen LogP contribution in [-0.2, 0) is 0 Å². The molecule has 0 aliphatic carbocycles. The third-order valence-electron chi connectivity index (χ3n) is 3.41.